The van der Waals surface area contributed by atoms with Crippen molar-refractivity contribution < 1.29 is 9.53 Å². The van der Waals surface area contributed by atoms with E-state index in [1.54, 1.807) is 0 Å². The van der Waals surface area contributed by atoms with E-state index in [9.17, 15) is 4.79 Å². The molecule has 0 radical (unpaired) electrons. The van der Waals surface area contributed by atoms with Gasteiger partial charge in [0.15, 0.2) is 6.29 Å². The molecule has 1 aliphatic rings. The average Bonchev–Trinajstić information content (AvgIpc) is 2.25. The summed E-state index contributed by atoms with van der Waals surface area (Å²) >= 11 is 0. The van der Waals surface area contributed by atoms with Crippen LogP contribution in [0.25, 0.3) is 0 Å². The van der Waals surface area contributed by atoms with Gasteiger partial charge in [-0.15, -0.1) is 0 Å². The maximum absolute atomic E-state index is 10.7. The van der Waals surface area contributed by atoms with Crippen molar-refractivity contribution in [3.05, 3.63) is 17.0 Å². The van der Waals surface area contributed by atoms with Gasteiger partial charge in [-0.1, -0.05) is 0 Å². The third-order valence-electron chi connectivity index (χ3n) is 2.47. The molecule has 70 valence electrons. The Morgan fingerprint density at radius 3 is 2.62 bits per heavy atom. The highest BCUT2D eigenvalue weighted by molar-refractivity contribution is 5.78. The van der Waals surface area contributed by atoms with Crippen LogP contribution in [0.3, 0.4) is 0 Å². The number of nitrogens with zero attached hydrogens (tertiary/aromatic N) is 2. The Kier molecular flexibility index (Phi) is 1.92. The topological polar surface area (TPSA) is 44.1 Å². The maximum atomic E-state index is 10.7. The largest absolute Gasteiger partial charge is 0.377 e. The van der Waals surface area contributed by atoms with Crippen molar-refractivity contribution in [1.29, 1.82) is 0 Å². The summed E-state index contributed by atoms with van der Waals surface area (Å²) in [6.45, 7) is 5.19. The van der Waals surface area contributed by atoms with Gasteiger partial charge in [0.25, 0.3) is 0 Å². The lowest BCUT2D eigenvalue weighted by Crippen LogP contribution is -2.32. The molecule has 1 fully saturated rings. The summed E-state index contributed by atoms with van der Waals surface area (Å²) in [7, 11) is 0. The molecule has 13 heavy (non-hydrogen) atoms. The molecule has 1 aromatic rings. The van der Waals surface area contributed by atoms with E-state index in [0.29, 0.717) is 24.8 Å². The van der Waals surface area contributed by atoms with E-state index in [2.05, 4.69) is 5.10 Å². The minimum absolute atomic E-state index is 0.326. The number of carbonyl (C=O) groups excluding carboxylic acids is 1. The standard InChI is InChI=1S/C9H12N2O2/c1-6-9(3-12)7(2)11(10-6)8-4-13-5-8/h3,8H,4-5H2,1-2H3. The van der Waals surface area contributed by atoms with Crippen LogP contribution in [-0.2, 0) is 4.74 Å². The molecule has 0 saturated carbocycles. The van der Waals surface area contributed by atoms with Crippen molar-refractivity contribution in [1.82, 2.24) is 9.78 Å². The fraction of sp³-hybridized carbons (Fsp3) is 0.556. The quantitative estimate of drug-likeness (QED) is 0.635. The minimum atomic E-state index is 0.326. The van der Waals surface area contributed by atoms with Gasteiger partial charge in [-0.2, -0.15) is 5.10 Å². The second-order valence-corrected chi connectivity index (χ2v) is 3.34. The van der Waals surface area contributed by atoms with E-state index >= 15 is 0 Å². The molecule has 1 aliphatic heterocycles. The average molecular weight is 180 g/mol. The summed E-state index contributed by atoms with van der Waals surface area (Å²) in [5.74, 6) is 0. The molecule has 0 atom stereocenters. The van der Waals surface area contributed by atoms with E-state index in [4.69, 9.17) is 4.74 Å². The summed E-state index contributed by atoms with van der Waals surface area (Å²) in [6, 6.07) is 0.326. The number of hydrogen-bond donors (Lipinski definition) is 0. The molecule has 1 aromatic heterocycles. The fourth-order valence-corrected chi connectivity index (χ4v) is 1.57. The Hall–Kier alpha value is -1.16. The van der Waals surface area contributed by atoms with E-state index in [1.165, 1.54) is 0 Å². The predicted molar refractivity (Wildman–Crippen MR) is 46.9 cm³/mol. The SMILES string of the molecule is Cc1nn(C2COC2)c(C)c1C=O. The van der Waals surface area contributed by atoms with E-state index in [1.807, 2.05) is 18.5 Å². The summed E-state index contributed by atoms with van der Waals surface area (Å²) < 4.78 is 6.97. The zero-order valence-corrected chi connectivity index (χ0v) is 7.78. The highest BCUT2D eigenvalue weighted by atomic mass is 16.5. The van der Waals surface area contributed by atoms with Crippen molar-refractivity contribution in [3.63, 3.8) is 0 Å². The molecule has 0 aromatic carbocycles. The molecule has 2 rings (SSSR count). The van der Waals surface area contributed by atoms with Gasteiger partial charge in [0, 0.05) is 5.69 Å². The zero-order valence-electron chi connectivity index (χ0n) is 7.78. The van der Waals surface area contributed by atoms with Gasteiger partial charge < -0.3 is 4.74 Å². The summed E-state index contributed by atoms with van der Waals surface area (Å²) in [5, 5.41) is 4.31. The van der Waals surface area contributed by atoms with Crippen LogP contribution in [0, 0.1) is 13.8 Å². The first-order chi connectivity index (χ1) is 6.24. The monoisotopic (exact) mass is 180 g/mol. The van der Waals surface area contributed by atoms with Crippen molar-refractivity contribution in [2.45, 2.75) is 19.9 Å². The lowest BCUT2D eigenvalue weighted by Gasteiger charge is -2.27. The Morgan fingerprint density at radius 1 is 1.54 bits per heavy atom. The van der Waals surface area contributed by atoms with Gasteiger partial charge in [-0.25, -0.2) is 0 Å². The van der Waals surface area contributed by atoms with Gasteiger partial charge in [0.1, 0.15) is 0 Å². The van der Waals surface area contributed by atoms with Crippen LogP contribution in [-0.4, -0.2) is 29.3 Å². The molecular formula is C9H12N2O2. The number of aryl methyl sites for hydroxylation is 1. The summed E-state index contributed by atoms with van der Waals surface area (Å²) in [6.07, 6.45) is 0.869. The fourth-order valence-electron chi connectivity index (χ4n) is 1.57. The number of aldehydes is 1. The van der Waals surface area contributed by atoms with Gasteiger partial charge in [0.2, 0.25) is 0 Å². The Labute approximate surface area is 76.5 Å². The number of carbonyl (C=O) groups is 1. The molecule has 1 saturated heterocycles. The van der Waals surface area contributed by atoms with Crippen molar-refractivity contribution >= 4 is 6.29 Å². The van der Waals surface area contributed by atoms with Gasteiger partial charge in [0.05, 0.1) is 30.5 Å². The molecule has 0 N–H and O–H groups in total. The van der Waals surface area contributed by atoms with Crippen LogP contribution in [0.15, 0.2) is 0 Å². The van der Waals surface area contributed by atoms with Crippen molar-refractivity contribution in [2.75, 3.05) is 13.2 Å². The molecule has 0 aliphatic carbocycles. The number of ether oxygens (including phenoxy) is 1. The number of hydrogen-bond acceptors (Lipinski definition) is 3. The van der Waals surface area contributed by atoms with E-state index < -0.39 is 0 Å². The summed E-state index contributed by atoms with van der Waals surface area (Å²) in [4.78, 5) is 10.7. The molecule has 4 heteroatoms. The molecule has 0 bridgehead atoms. The van der Waals surface area contributed by atoms with Crippen LogP contribution < -0.4 is 0 Å². The third kappa shape index (κ3) is 1.18. The Bertz CT molecular complexity index is 340. The molecule has 0 unspecified atom stereocenters. The van der Waals surface area contributed by atoms with Gasteiger partial charge >= 0.3 is 0 Å². The van der Waals surface area contributed by atoms with E-state index in [0.717, 1.165) is 17.7 Å². The third-order valence-corrected chi connectivity index (χ3v) is 2.47. The molecule has 0 amide bonds. The highest BCUT2D eigenvalue weighted by Crippen LogP contribution is 2.21. The minimum Gasteiger partial charge on any atom is -0.377 e. The van der Waals surface area contributed by atoms with Crippen LogP contribution in [0.1, 0.15) is 27.8 Å². The highest BCUT2D eigenvalue weighted by Gasteiger charge is 2.24. The van der Waals surface area contributed by atoms with Crippen LogP contribution in [0.4, 0.5) is 0 Å². The first-order valence-electron chi connectivity index (χ1n) is 4.32. The lowest BCUT2D eigenvalue weighted by molar-refractivity contribution is -0.0296. The normalized spacial score (nSPS) is 17.1. The zero-order chi connectivity index (χ0) is 9.42. The van der Waals surface area contributed by atoms with Crippen molar-refractivity contribution in [3.8, 4) is 0 Å². The van der Waals surface area contributed by atoms with Crippen LogP contribution in [0.5, 0.6) is 0 Å². The molecule has 2 heterocycles. The molecule has 4 nitrogen and oxygen atoms in total. The second kappa shape index (κ2) is 2.96. The smallest absolute Gasteiger partial charge is 0.153 e. The van der Waals surface area contributed by atoms with Gasteiger partial charge in [-0.3, -0.25) is 9.48 Å². The number of rotatable bonds is 2. The molecular weight excluding hydrogens is 168 g/mol. The summed E-state index contributed by atoms with van der Waals surface area (Å²) in [5.41, 5.74) is 2.46. The number of aromatic nitrogens is 2. The first kappa shape index (κ1) is 8.44. The Balaban J connectivity index is 2.40. The molecule has 0 spiro atoms. The van der Waals surface area contributed by atoms with Crippen LogP contribution in [0.2, 0.25) is 0 Å². The van der Waals surface area contributed by atoms with Gasteiger partial charge in [-0.05, 0) is 13.8 Å². The lowest BCUT2D eigenvalue weighted by atomic mass is 10.2. The predicted octanol–water partition coefficient (Wildman–Crippen LogP) is 0.884. The maximum Gasteiger partial charge on any atom is 0.153 e. The van der Waals surface area contributed by atoms with Crippen LogP contribution >= 0.6 is 0 Å². The second-order valence-electron chi connectivity index (χ2n) is 3.34. The van der Waals surface area contributed by atoms with E-state index in [-0.39, 0.29) is 0 Å². The Morgan fingerprint density at radius 2 is 2.23 bits per heavy atom. The first-order valence-corrected chi connectivity index (χ1v) is 4.32. The van der Waals surface area contributed by atoms with Crippen molar-refractivity contribution in [2.24, 2.45) is 0 Å².